The highest BCUT2D eigenvalue weighted by Crippen LogP contribution is 2.25. The second-order valence-corrected chi connectivity index (χ2v) is 4.45. The van der Waals surface area contributed by atoms with E-state index in [1.54, 1.807) is 0 Å². The molecule has 0 radical (unpaired) electrons. The Bertz CT molecular complexity index is 709. The van der Waals surface area contributed by atoms with Crippen molar-refractivity contribution in [3.8, 4) is 0 Å². The van der Waals surface area contributed by atoms with Gasteiger partial charge in [0.2, 0.25) is 0 Å². The number of nitrogens with one attached hydrogen (secondary N) is 2. The average molecular weight is 316 g/mol. The number of hydrogen-bond acceptors (Lipinski definition) is 2. The van der Waals surface area contributed by atoms with E-state index < -0.39 is 29.2 Å². The van der Waals surface area contributed by atoms with Crippen molar-refractivity contribution in [1.29, 1.82) is 0 Å². The largest absolute Gasteiger partial charge is 0.399 e. The molecule has 0 spiro atoms. The quantitative estimate of drug-likeness (QED) is 0.579. The Labute approximate surface area is 122 Å². The van der Waals surface area contributed by atoms with Crippen LogP contribution in [0.2, 0.25) is 5.02 Å². The van der Waals surface area contributed by atoms with E-state index in [2.05, 4.69) is 5.32 Å². The number of amides is 2. The lowest BCUT2D eigenvalue weighted by Gasteiger charge is -2.10. The summed E-state index contributed by atoms with van der Waals surface area (Å²) < 4.78 is 39.2. The van der Waals surface area contributed by atoms with E-state index >= 15 is 0 Å². The Balaban J connectivity index is 2.14. The van der Waals surface area contributed by atoms with Crippen LogP contribution in [-0.2, 0) is 0 Å². The molecule has 4 N–H and O–H groups in total. The van der Waals surface area contributed by atoms with Gasteiger partial charge in [-0.3, -0.25) is 0 Å². The molecule has 2 rings (SSSR count). The van der Waals surface area contributed by atoms with Gasteiger partial charge in [-0.2, -0.15) is 0 Å². The van der Waals surface area contributed by atoms with Gasteiger partial charge in [0.05, 0.1) is 16.4 Å². The molecule has 0 aliphatic carbocycles. The van der Waals surface area contributed by atoms with Crippen molar-refractivity contribution in [3.05, 3.63) is 52.8 Å². The van der Waals surface area contributed by atoms with Gasteiger partial charge in [0, 0.05) is 5.69 Å². The van der Waals surface area contributed by atoms with Crippen LogP contribution in [-0.4, -0.2) is 6.03 Å². The number of halogens is 4. The zero-order valence-corrected chi connectivity index (χ0v) is 11.1. The summed E-state index contributed by atoms with van der Waals surface area (Å²) in [6, 6.07) is 5.09. The van der Waals surface area contributed by atoms with Crippen LogP contribution in [0.4, 0.5) is 35.0 Å². The first kappa shape index (κ1) is 15.0. The molecule has 0 aliphatic rings. The number of anilines is 3. The van der Waals surface area contributed by atoms with Crippen LogP contribution in [0.5, 0.6) is 0 Å². The molecule has 2 aromatic carbocycles. The third-order valence-electron chi connectivity index (χ3n) is 2.52. The number of urea groups is 1. The molecular weight excluding hydrogens is 307 g/mol. The zero-order valence-electron chi connectivity index (χ0n) is 10.4. The first-order valence-corrected chi connectivity index (χ1v) is 6.03. The molecule has 0 heterocycles. The molecule has 0 bridgehead atoms. The fraction of sp³-hybridized carbons (Fsp3) is 0. The normalized spacial score (nSPS) is 10.3. The van der Waals surface area contributed by atoms with Crippen LogP contribution >= 0.6 is 11.6 Å². The second-order valence-electron chi connectivity index (χ2n) is 4.04. The highest BCUT2D eigenvalue weighted by atomic mass is 35.5. The lowest BCUT2D eigenvalue weighted by Crippen LogP contribution is -2.20. The van der Waals surface area contributed by atoms with Crippen molar-refractivity contribution in [3.63, 3.8) is 0 Å². The summed E-state index contributed by atoms with van der Waals surface area (Å²) in [4.78, 5) is 11.7. The maximum absolute atomic E-state index is 13.4. The lowest BCUT2D eigenvalue weighted by atomic mass is 10.2. The first-order valence-electron chi connectivity index (χ1n) is 5.65. The minimum absolute atomic E-state index is 0.177. The molecule has 0 saturated carbocycles. The van der Waals surface area contributed by atoms with Crippen molar-refractivity contribution in [2.24, 2.45) is 0 Å². The van der Waals surface area contributed by atoms with E-state index in [9.17, 15) is 18.0 Å². The number of nitrogen functional groups attached to an aromatic ring is 1. The Morgan fingerprint density at radius 3 is 2.29 bits per heavy atom. The lowest BCUT2D eigenvalue weighted by molar-refractivity contribution is 0.262. The van der Waals surface area contributed by atoms with Crippen LogP contribution in [0.25, 0.3) is 0 Å². The Morgan fingerprint density at radius 2 is 1.62 bits per heavy atom. The van der Waals surface area contributed by atoms with E-state index in [4.69, 9.17) is 17.3 Å². The predicted octanol–water partition coefficient (Wildman–Crippen LogP) is 3.98. The highest BCUT2D eigenvalue weighted by Gasteiger charge is 2.15. The highest BCUT2D eigenvalue weighted by molar-refractivity contribution is 6.34. The van der Waals surface area contributed by atoms with Gasteiger partial charge in [0.25, 0.3) is 0 Å². The van der Waals surface area contributed by atoms with Crippen molar-refractivity contribution < 1.29 is 18.0 Å². The third-order valence-corrected chi connectivity index (χ3v) is 2.84. The SMILES string of the molecule is Nc1ccc(NC(=O)Nc2ccc(F)c(F)c2F)c(Cl)c1. The molecule has 0 fully saturated rings. The van der Waals surface area contributed by atoms with Crippen LogP contribution in [0.15, 0.2) is 30.3 Å². The molecule has 0 aromatic heterocycles. The minimum atomic E-state index is -1.67. The van der Waals surface area contributed by atoms with Gasteiger partial charge in [0.15, 0.2) is 17.5 Å². The van der Waals surface area contributed by atoms with E-state index in [1.165, 1.54) is 18.2 Å². The Hall–Kier alpha value is -2.41. The Kier molecular flexibility index (Phi) is 4.23. The summed E-state index contributed by atoms with van der Waals surface area (Å²) in [5, 5.41) is 4.55. The fourth-order valence-corrected chi connectivity index (χ4v) is 1.77. The smallest absolute Gasteiger partial charge is 0.323 e. The molecule has 0 aliphatic heterocycles. The summed E-state index contributed by atoms with van der Waals surface area (Å²) in [5.74, 6) is -4.51. The number of nitrogens with two attached hydrogens (primary N) is 1. The molecule has 21 heavy (non-hydrogen) atoms. The van der Waals surface area contributed by atoms with Gasteiger partial charge in [0.1, 0.15) is 0 Å². The average Bonchev–Trinajstić information content (AvgIpc) is 2.43. The number of carbonyl (C=O) groups is 1. The summed E-state index contributed by atoms with van der Waals surface area (Å²) in [7, 11) is 0. The number of rotatable bonds is 2. The Morgan fingerprint density at radius 1 is 1.00 bits per heavy atom. The van der Waals surface area contributed by atoms with Crippen LogP contribution < -0.4 is 16.4 Å². The summed E-state index contributed by atoms with van der Waals surface area (Å²) in [6.45, 7) is 0. The molecule has 0 unspecified atom stereocenters. The standard InChI is InChI=1S/C13H9ClF3N3O/c14-7-5-6(18)1-3-9(7)19-13(21)20-10-4-2-8(15)11(16)12(10)17/h1-5H,18H2,(H2,19,20,21). The van der Waals surface area contributed by atoms with Crippen LogP contribution in [0, 0.1) is 17.5 Å². The number of carbonyl (C=O) groups excluding carboxylic acids is 1. The van der Waals surface area contributed by atoms with Gasteiger partial charge in [-0.1, -0.05) is 11.6 Å². The molecule has 110 valence electrons. The van der Waals surface area contributed by atoms with Gasteiger partial charge in [-0.25, -0.2) is 18.0 Å². The van der Waals surface area contributed by atoms with E-state index in [-0.39, 0.29) is 10.7 Å². The third kappa shape index (κ3) is 3.38. The maximum Gasteiger partial charge on any atom is 0.323 e. The zero-order chi connectivity index (χ0) is 15.6. The number of benzene rings is 2. The van der Waals surface area contributed by atoms with Crippen molar-refractivity contribution >= 4 is 34.7 Å². The number of hydrogen-bond donors (Lipinski definition) is 3. The fourth-order valence-electron chi connectivity index (χ4n) is 1.53. The van der Waals surface area contributed by atoms with Crippen molar-refractivity contribution in [2.75, 3.05) is 16.4 Å². The molecule has 2 aromatic rings. The maximum atomic E-state index is 13.4. The van der Waals surface area contributed by atoms with Crippen molar-refractivity contribution in [2.45, 2.75) is 0 Å². The molecular formula is C13H9ClF3N3O. The molecule has 2 amide bonds. The second kappa shape index (κ2) is 5.92. The van der Waals surface area contributed by atoms with Crippen molar-refractivity contribution in [1.82, 2.24) is 0 Å². The monoisotopic (exact) mass is 315 g/mol. The molecule has 0 atom stereocenters. The minimum Gasteiger partial charge on any atom is -0.399 e. The van der Waals surface area contributed by atoms with E-state index in [0.717, 1.165) is 6.07 Å². The van der Waals surface area contributed by atoms with Crippen LogP contribution in [0.3, 0.4) is 0 Å². The summed E-state index contributed by atoms with van der Waals surface area (Å²) in [5.41, 5.74) is 5.62. The molecule has 0 saturated heterocycles. The summed E-state index contributed by atoms with van der Waals surface area (Å²) >= 11 is 5.85. The van der Waals surface area contributed by atoms with Crippen LogP contribution in [0.1, 0.15) is 0 Å². The molecule has 4 nitrogen and oxygen atoms in total. The van der Waals surface area contributed by atoms with E-state index in [1.807, 2.05) is 5.32 Å². The van der Waals surface area contributed by atoms with Gasteiger partial charge in [-0.05, 0) is 30.3 Å². The molecule has 8 heteroatoms. The van der Waals surface area contributed by atoms with Gasteiger partial charge >= 0.3 is 6.03 Å². The first-order chi connectivity index (χ1) is 9.88. The van der Waals surface area contributed by atoms with Gasteiger partial charge < -0.3 is 16.4 Å². The van der Waals surface area contributed by atoms with E-state index in [0.29, 0.717) is 11.8 Å². The predicted molar refractivity (Wildman–Crippen MR) is 74.8 cm³/mol. The topological polar surface area (TPSA) is 67.1 Å². The summed E-state index contributed by atoms with van der Waals surface area (Å²) in [6.07, 6.45) is 0. The van der Waals surface area contributed by atoms with Gasteiger partial charge in [-0.15, -0.1) is 0 Å².